The van der Waals surface area contributed by atoms with Crippen LogP contribution in [-0.2, 0) is 24.8 Å². The fourth-order valence-electron chi connectivity index (χ4n) is 4.49. The average molecular weight is 439 g/mol. The lowest BCUT2D eigenvalue weighted by molar-refractivity contribution is 0.1000. The van der Waals surface area contributed by atoms with Crippen molar-refractivity contribution in [2.24, 2.45) is 12.8 Å². The van der Waals surface area contributed by atoms with Crippen LogP contribution in [0.25, 0.3) is 16.8 Å². The Morgan fingerprint density at radius 1 is 1.06 bits per heavy atom. The van der Waals surface area contributed by atoms with Gasteiger partial charge in [0.1, 0.15) is 0 Å². The van der Waals surface area contributed by atoms with Crippen molar-refractivity contribution in [3.63, 3.8) is 0 Å². The first kappa shape index (κ1) is 23.6. The Hall–Kier alpha value is -3.06. The average Bonchev–Trinajstić information content (AvgIpc) is 3.16. The molecular formula is C25H34N4O3. The molecule has 0 bridgehead atoms. The molecule has 7 heteroatoms. The summed E-state index contributed by atoms with van der Waals surface area (Å²) in [7, 11) is 1.86. The maximum absolute atomic E-state index is 13.7. The predicted octanol–water partition coefficient (Wildman–Crippen LogP) is 3.74. The largest absolute Gasteiger partial charge is 0.382 e. The van der Waals surface area contributed by atoms with Crippen LogP contribution in [0, 0.1) is 13.8 Å². The highest BCUT2D eigenvalue weighted by Crippen LogP contribution is 2.34. The minimum atomic E-state index is -0.507. The number of nitrogens with two attached hydrogens (primary N) is 1. The van der Waals surface area contributed by atoms with Crippen LogP contribution < -0.4 is 11.3 Å². The van der Waals surface area contributed by atoms with Crippen LogP contribution in [0.2, 0.25) is 0 Å². The van der Waals surface area contributed by atoms with E-state index in [1.54, 1.807) is 4.68 Å². The Labute approximate surface area is 189 Å². The number of ether oxygens (including phenoxy) is 1. The summed E-state index contributed by atoms with van der Waals surface area (Å²) >= 11 is 0. The molecule has 2 N–H and O–H groups in total. The fourth-order valence-corrected chi connectivity index (χ4v) is 4.49. The summed E-state index contributed by atoms with van der Waals surface area (Å²) in [5.41, 5.74) is 10.8. The number of hydrogen-bond acceptors (Lipinski definition) is 3. The number of rotatable bonds is 10. The highest BCUT2D eigenvalue weighted by atomic mass is 16.5. The van der Waals surface area contributed by atoms with Crippen LogP contribution in [0.3, 0.4) is 0 Å². The van der Waals surface area contributed by atoms with E-state index in [4.69, 9.17) is 10.5 Å². The topological polar surface area (TPSA) is 84.2 Å². The quantitative estimate of drug-likeness (QED) is 0.490. The predicted molar refractivity (Wildman–Crippen MR) is 128 cm³/mol. The molecule has 2 heterocycles. The molecule has 3 aromatic rings. The Balaban J connectivity index is 2.28. The van der Waals surface area contributed by atoms with Crippen molar-refractivity contribution >= 4 is 5.91 Å². The minimum absolute atomic E-state index is 0.150. The number of carbonyl (C=O) groups excluding carboxylic acids is 1. The Morgan fingerprint density at radius 2 is 1.75 bits per heavy atom. The highest BCUT2D eigenvalue weighted by Gasteiger charge is 2.29. The van der Waals surface area contributed by atoms with Crippen LogP contribution in [0.1, 0.15) is 54.1 Å². The Kier molecular flexibility index (Phi) is 7.40. The van der Waals surface area contributed by atoms with Crippen LogP contribution in [0.15, 0.2) is 35.1 Å². The third-order valence-electron chi connectivity index (χ3n) is 6.04. The first-order valence-electron chi connectivity index (χ1n) is 11.3. The second kappa shape index (κ2) is 10.0. The molecule has 0 radical (unpaired) electrons. The first-order chi connectivity index (χ1) is 15.3. The van der Waals surface area contributed by atoms with E-state index < -0.39 is 5.91 Å². The molecule has 32 heavy (non-hydrogen) atoms. The first-order valence-corrected chi connectivity index (χ1v) is 11.3. The Bertz CT molecular complexity index is 1150. The third kappa shape index (κ3) is 4.17. The van der Waals surface area contributed by atoms with Gasteiger partial charge in [-0.2, -0.15) is 0 Å². The zero-order valence-corrected chi connectivity index (χ0v) is 19.8. The van der Waals surface area contributed by atoms with E-state index in [0.717, 1.165) is 42.0 Å². The SMILES string of the molecule is CCCc1c(-c2c(C)n(C)n(-c3ccccc3)c2=O)c(C(N)=O)c(C)n1CCCOCC. The summed E-state index contributed by atoms with van der Waals surface area (Å²) < 4.78 is 11.1. The van der Waals surface area contributed by atoms with Crippen molar-refractivity contribution in [1.82, 2.24) is 13.9 Å². The second-order valence-electron chi connectivity index (χ2n) is 8.03. The fraction of sp³-hybridized carbons (Fsp3) is 0.440. The van der Waals surface area contributed by atoms with Crippen molar-refractivity contribution in [2.45, 2.75) is 53.5 Å². The van der Waals surface area contributed by atoms with Gasteiger partial charge in [-0.25, -0.2) is 4.68 Å². The molecule has 7 nitrogen and oxygen atoms in total. The van der Waals surface area contributed by atoms with Crippen molar-refractivity contribution < 1.29 is 9.53 Å². The van der Waals surface area contributed by atoms with Gasteiger partial charge in [-0.15, -0.1) is 0 Å². The van der Waals surface area contributed by atoms with Gasteiger partial charge in [0, 0.05) is 49.5 Å². The molecular weight excluding hydrogens is 404 g/mol. The molecule has 0 saturated carbocycles. The van der Waals surface area contributed by atoms with E-state index in [2.05, 4.69) is 11.5 Å². The zero-order chi connectivity index (χ0) is 23.4. The number of carbonyl (C=O) groups is 1. The van der Waals surface area contributed by atoms with Crippen LogP contribution in [-0.4, -0.2) is 33.1 Å². The molecule has 0 aliphatic carbocycles. The lowest BCUT2D eigenvalue weighted by Crippen LogP contribution is -2.21. The second-order valence-corrected chi connectivity index (χ2v) is 8.03. The summed E-state index contributed by atoms with van der Waals surface area (Å²) in [6.45, 7) is 9.93. The van der Waals surface area contributed by atoms with Crippen LogP contribution >= 0.6 is 0 Å². The molecule has 0 unspecified atom stereocenters. The molecule has 172 valence electrons. The smallest absolute Gasteiger partial charge is 0.279 e. The maximum Gasteiger partial charge on any atom is 0.279 e. The minimum Gasteiger partial charge on any atom is -0.382 e. The van der Waals surface area contributed by atoms with E-state index >= 15 is 0 Å². The van der Waals surface area contributed by atoms with Crippen molar-refractivity contribution in [2.75, 3.05) is 13.2 Å². The molecule has 0 spiro atoms. The molecule has 2 aromatic heterocycles. The number of nitrogens with zero attached hydrogens (tertiary/aromatic N) is 3. The van der Waals surface area contributed by atoms with E-state index in [9.17, 15) is 9.59 Å². The van der Waals surface area contributed by atoms with E-state index in [-0.39, 0.29) is 5.56 Å². The molecule has 1 aromatic carbocycles. The van der Waals surface area contributed by atoms with Gasteiger partial charge in [0.25, 0.3) is 11.5 Å². The highest BCUT2D eigenvalue weighted by molar-refractivity contribution is 6.02. The van der Waals surface area contributed by atoms with Gasteiger partial charge >= 0.3 is 0 Å². The number of primary amides is 1. The number of aromatic nitrogens is 3. The molecule has 0 saturated heterocycles. The maximum atomic E-state index is 13.7. The number of benzene rings is 1. The zero-order valence-electron chi connectivity index (χ0n) is 19.8. The molecule has 0 aliphatic rings. The van der Waals surface area contributed by atoms with Crippen molar-refractivity contribution in [3.8, 4) is 16.8 Å². The van der Waals surface area contributed by atoms with Gasteiger partial charge in [-0.3, -0.25) is 14.3 Å². The summed E-state index contributed by atoms with van der Waals surface area (Å²) in [4.78, 5) is 26.3. The van der Waals surface area contributed by atoms with Gasteiger partial charge in [0.05, 0.1) is 16.8 Å². The molecule has 0 aliphatic heterocycles. The van der Waals surface area contributed by atoms with Crippen molar-refractivity contribution in [3.05, 3.63) is 63.3 Å². The molecule has 0 atom stereocenters. The van der Waals surface area contributed by atoms with Gasteiger partial charge in [-0.05, 0) is 45.7 Å². The summed E-state index contributed by atoms with van der Waals surface area (Å²) in [6.07, 6.45) is 2.45. The van der Waals surface area contributed by atoms with Crippen LogP contribution in [0.5, 0.6) is 0 Å². The van der Waals surface area contributed by atoms with Gasteiger partial charge in [0.2, 0.25) is 0 Å². The molecule has 1 amide bonds. The van der Waals surface area contributed by atoms with Crippen molar-refractivity contribution in [1.29, 1.82) is 0 Å². The third-order valence-corrected chi connectivity index (χ3v) is 6.04. The number of hydrogen-bond donors (Lipinski definition) is 1. The summed E-state index contributed by atoms with van der Waals surface area (Å²) in [5, 5.41) is 0. The standard InChI is InChI=1S/C25H34N4O3/c1-6-12-20-23(21(24(26)30)18(4)28(20)15-11-16-32-7-2)22-17(3)27(5)29(25(22)31)19-13-9-8-10-14-19/h8-10,13-14H,6-7,11-12,15-16H2,1-5H3,(H2,26,30). The van der Waals surface area contributed by atoms with Gasteiger partial charge in [0.15, 0.2) is 0 Å². The van der Waals surface area contributed by atoms with E-state index in [1.165, 1.54) is 0 Å². The van der Waals surface area contributed by atoms with Gasteiger partial charge in [-0.1, -0.05) is 31.5 Å². The number of amides is 1. The Morgan fingerprint density at radius 3 is 2.34 bits per heavy atom. The van der Waals surface area contributed by atoms with Crippen LogP contribution in [0.4, 0.5) is 0 Å². The van der Waals surface area contributed by atoms with Gasteiger partial charge < -0.3 is 15.0 Å². The lowest BCUT2D eigenvalue weighted by atomic mass is 9.98. The molecule has 0 fully saturated rings. The van der Waals surface area contributed by atoms with E-state index in [0.29, 0.717) is 36.4 Å². The lowest BCUT2D eigenvalue weighted by Gasteiger charge is -2.12. The summed E-state index contributed by atoms with van der Waals surface area (Å²) in [5.74, 6) is -0.507. The number of para-hydroxylation sites is 1. The molecule has 3 rings (SSSR count). The normalized spacial score (nSPS) is 11.3. The van der Waals surface area contributed by atoms with E-state index in [1.807, 2.05) is 62.8 Å². The summed E-state index contributed by atoms with van der Waals surface area (Å²) in [6, 6.07) is 9.52. The monoisotopic (exact) mass is 438 g/mol.